The van der Waals surface area contributed by atoms with Crippen molar-refractivity contribution in [1.29, 1.82) is 0 Å². The summed E-state index contributed by atoms with van der Waals surface area (Å²) in [5, 5.41) is 1.16. The van der Waals surface area contributed by atoms with Crippen LogP contribution in [0, 0.1) is 5.82 Å². The molecule has 0 unspecified atom stereocenters. The van der Waals surface area contributed by atoms with Crippen LogP contribution in [0.2, 0.25) is 10.0 Å². The van der Waals surface area contributed by atoms with Gasteiger partial charge in [-0.2, -0.15) is 0 Å². The van der Waals surface area contributed by atoms with Crippen molar-refractivity contribution in [2.75, 3.05) is 7.11 Å². The Labute approximate surface area is 245 Å². The van der Waals surface area contributed by atoms with Crippen LogP contribution in [0.15, 0.2) is 101 Å². The zero-order valence-corrected chi connectivity index (χ0v) is 23.6. The van der Waals surface area contributed by atoms with Gasteiger partial charge in [0.2, 0.25) is 0 Å². The summed E-state index contributed by atoms with van der Waals surface area (Å²) < 4.78 is 24.2. The number of nitrogens with zero attached hydrogens (tertiary/aromatic N) is 2. The van der Waals surface area contributed by atoms with Crippen LogP contribution in [0.3, 0.4) is 0 Å². The van der Waals surface area contributed by atoms with E-state index in [2.05, 4.69) is 0 Å². The van der Waals surface area contributed by atoms with Crippen molar-refractivity contribution < 1.29 is 18.7 Å². The minimum Gasteiger partial charge on any atom is -0.497 e. The molecule has 0 bridgehead atoms. The highest BCUT2D eigenvalue weighted by atomic mass is 35.5. The van der Waals surface area contributed by atoms with Crippen molar-refractivity contribution in [1.82, 2.24) is 4.90 Å². The maximum atomic E-state index is 13.6. The molecule has 0 aromatic heterocycles. The SMILES string of the molecule is COc1ccc(CN2C(=O)/C(=C\c3cc(Cl)c(OCc4ccc(F)cc4)c(Cl)c3)SC2=Nc2ccccc2)cc1. The zero-order valence-electron chi connectivity index (χ0n) is 21.3. The summed E-state index contributed by atoms with van der Waals surface area (Å²) in [6.07, 6.45) is 1.74. The Morgan fingerprint density at radius 3 is 2.23 bits per heavy atom. The molecule has 0 aliphatic carbocycles. The molecule has 0 radical (unpaired) electrons. The first-order chi connectivity index (χ1) is 19.4. The number of carbonyl (C=O) groups is 1. The smallest absolute Gasteiger partial charge is 0.267 e. The maximum absolute atomic E-state index is 13.6. The van der Waals surface area contributed by atoms with Crippen molar-refractivity contribution in [2.45, 2.75) is 13.2 Å². The number of amides is 1. The first kappa shape index (κ1) is 27.8. The molecular formula is C31H23Cl2FN2O3S. The fraction of sp³-hybridized carbons (Fsp3) is 0.0968. The summed E-state index contributed by atoms with van der Waals surface area (Å²) in [4.78, 5) is 20.4. The predicted molar refractivity (Wildman–Crippen MR) is 160 cm³/mol. The third kappa shape index (κ3) is 6.67. The molecule has 1 fully saturated rings. The van der Waals surface area contributed by atoms with E-state index in [1.54, 1.807) is 42.4 Å². The van der Waals surface area contributed by atoms with Crippen LogP contribution in [0.4, 0.5) is 10.1 Å². The molecule has 1 aliphatic heterocycles. The molecule has 1 aliphatic rings. The lowest BCUT2D eigenvalue weighted by Gasteiger charge is -2.16. The number of rotatable bonds is 8. The molecule has 9 heteroatoms. The van der Waals surface area contributed by atoms with Crippen LogP contribution in [0.5, 0.6) is 11.5 Å². The number of ether oxygens (including phenoxy) is 2. The van der Waals surface area contributed by atoms with Gasteiger partial charge in [-0.1, -0.05) is 65.7 Å². The van der Waals surface area contributed by atoms with E-state index < -0.39 is 0 Å². The van der Waals surface area contributed by atoms with Gasteiger partial charge in [-0.3, -0.25) is 9.69 Å². The molecule has 0 atom stereocenters. The van der Waals surface area contributed by atoms with Crippen molar-refractivity contribution >= 4 is 57.8 Å². The Morgan fingerprint density at radius 1 is 0.925 bits per heavy atom. The standard InChI is InChI=1S/C31H23Cl2FN2O3S/c1-38-25-13-9-20(10-14-25)18-36-30(37)28(40-31(36)35-24-5-3-2-4-6-24)17-22-15-26(32)29(27(33)16-22)39-19-21-7-11-23(34)12-8-21/h2-17H,18-19H2,1H3/b28-17+,35-31?. The van der Waals surface area contributed by atoms with E-state index in [0.29, 0.717) is 38.0 Å². The summed E-state index contributed by atoms with van der Waals surface area (Å²) in [7, 11) is 1.61. The van der Waals surface area contributed by atoms with Gasteiger partial charge in [0.25, 0.3) is 5.91 Å². The molecule has 202 valence electrons. The van der Waals surface area contributed by atoms with Gasteiger partial charge in [0, 0.05) is 0 Å². The fourth-order valence-corrected chi connectivity index (χ4v) is 5.56. The van der Waals surface area contributed by atoms with E-state index >= 15 is 0 Å². The molecule has 1 saturated heterocycles. The minimum atomic E-state index is -0.323. The number of hydrogen-bond acceptors (Lipinski definition) is 5. The Bertz CT molecular complexity index is 1550. The first-order valence-electron chi connectivity index (χ1n) is 12.2. The van der Waals surface area contributed by atoms with Crippen molar-refractivity contribution in [3.63, 3.8) is 0 Å². The minimum absolute atomic E-state index is 0.175. The molecule has 40 heavy (non-hydrogen) atoms. The van der Waals surface area contributed by atoms with Crippen molar-refractivity contribution in [3.8, 4) is 11.5 Å². The molecule has 5 nitrogen and oxygen atoms in total. The van der Waals surface area contributed by atoms with Crippen molar-refractivity contribution in [2.24, 2.45) is 4.99 Å². The van der Waals surface area contributed by atoms with E-state index in [9.17, 15) is 9.18 Å². The highest BCUT2D eigenvalue weighted by Crippen LogP contribution is 2.39. The monoisotopic (exact) mass is 592 g/mol. The molecule has 0 N–H and O–H groups in total. The lowest BCUT2D eigenvalue weighted by molar-refractivity contribution is -0.122. The van der Waals surface area contributed by atoms with Gasteiger partial charge in [-0.25, -0.2) is 9.38 Å². The molecule has 1 amide bonds. The summed E-state index contributed by atoms with van der Waals surface area (Å²) in [6.45, 7) is 0.518. The fourth-order valence-electron chi connectivity index (χ4n) is 3.95. The molecule has 1 heterocycles. The largest absolute Gasteiger partial charge is 0.497 e. The Hall–Kier alpha value is -3.78. The highest BCUT2D eigenvalue weighted by molar-refractivity contribution is 8.18. The lowest BCUT2D eigenvalue weighted by Crippen LogP contribution is -2.28. The van der Waals surface area contributed by atoms with Crippen LogP contribution < -0.4 is 9.47 Å². The molecule has 4 aromatic rings. The van der Waals surface area contributed by atoms with E-state index in [0.717, 1.165) is 22.6 Å². The molecular weight excluding hydrogens is 570 g/mol. The average molecular weight is 594 g/mol. The van der Waals surface area contributed by atoms with Crippen molar-refractivity contribution in [3.05, 3.63) is 128 Å². The topological polar surface area (TPSA) is 51.1 Å². The summed E-state index contributed by atoms with van der Waals surface area (Å²) in [5.41, 5.74) is 3.10. The molecule has 0 saturated carbocycles. The van der Waals surface area contributed by atoms with E-state index in [4.69, 9.17) is 37.7 Å². The lowest BCUT2D eigenvalue weighted by atomic mass is 10.2. The van der Waals surface area contributed by atoms with Gasteiger partial charge in [-0.05, 0) is 83.1 Å². The average Bonchev–Trinajstić information content (AvgIpc) is 3.23. The second-order valence-corrected chi connectivity index (χ2v) is 10.6. The third-order valence-corrected chi connectivity index (χ3v) is 7.55. The predicted octanol–water partition coefficient (Wildman–Crippen LogP) is 8.52. The zero-order chi connectivity index (χ0) is 28.1. The third-order valence-electron chi connectivity index (χ3n) is 5.98. The second kappa shape index (κ2) is 12.6. The van der Waals surface area contributed by atoms with E-state index in [1.807, 2.05) is 54.6 Å². The van der Waals surface area contributed by atoms with Crippen LogP contribution in [0.25, 0.3) is 6.08 Å². The van der Waals surface area contributed by atoms with Gasteiger partial charge in [-0.15, -0.1) is 0 Å². The summed E-state index contributed by atoms with van der Waals surface area (Å²) in [5.74, 6) is 0.548. The van der Waals surface area contributed by atoms with Crippen LogP contribution in [0.1, 0.15) is 16.7 Å². The number of halogens is 3. The molecule has 5 rings (SSSR count). The Kier molecular flexibility index (Phi) is 8.75. The number of carbonyl (C=O) groups excluding carboxylic acids is 1. The van der Waals surface area contributed by atoms with Gasteiger partial charge in [0.15, 0.2) is 10.9 Å². The maximum Gasteiger partial charge on any atom is 0.267 e. The summed E-state index contributed by atoms with van der Waals surface area (Å²) >= 11 is 14.3. The van der Waals surface area contributed by atoms with Crippen LogP contribution in [-0.2, 0) is 17.9 Å². The first-order valence-corrected chi connectivity index (χ1v) is 13.8. The van der Waals surface area contributed by atoms with E-state index in [1.165, 1.54) is 23.9 Å². The highest BCUT2D eigenvalue weighted by Gasteiger charge is 2.33. The van der Waals surface area contributed by atoms with E-state index in [-0.39, 0.29) is 18.3 Å². The summed E-state index contributed by atoms with van der Waals surface area (Å²) in [6, 6.07) is 26.4. The number of benzene rings is 4. The van der Waals surface area contributed by atoms with Crippen LogP contribution >= 0.6 is 35.0 Å². The number of para-hydroxylation sites is 1. The Balaban J connectivity index is 1.40. The van der Waals surface area contributed by atoms with Gasteiger partial charge in [0.05, 0.1) is 34.3 Å². The number of aliphatic imine (C=N–C) groups is 1. The second-order valence-electron chi connectivity index (χ2n) is 8.81. The van der Waals surface area contributed by atoms with Gasteiger partial charge < -0.3 is 9.47 Å². The number of methoxy groups -OCH3 is 1. The number of hydrogen-bond donors (Lipinski definition) is 0. The number of amidine groups is 1. The van der Waals surface area contributed by atoms with Gasteiger partial charge >= 0.3 is 0 Å². The normalized spacial score (nSPS) is 15.2. The Morgan fingerprint density at radius 2 is 1.57 bits per heavy atom. The quantitative estimate of drug-likeness (QED) is 0.192. The molecule has 0 spiro atoms. The molecule has 4 aromatic carbocycles. The van der Waals surface area contributed by atoms with Gasteiger partial charge in [0.1, 0.15) is 18.2 Å². The number of thioether (sulfide) groups is 1. The van der Waals surface area contributed by atoms with Crippen LogP contribution in [-0.4, -0.2) is 23.1 Å².